The molecule has 3 amide bonds. The lowest BCUT2D eigenvalue weighted by Crippen LogP contribution is -2.53. The lowest BCUT2D eigenvalue weighted by molar-refractivity contribution is -0.123. The number of carbonyl (C=O) groups is 3. The van der Waals surface area contributed by atoms with E-state index in [1.165, 1.54) is 10.3 Å². The third-order valence-electron chi connectivity index (χ3n) is 7.06. The van der Waals surface area contributed by atoms with Crippen molar-refractivity contribution in [3.8, 4) is 11.1 Å². The van der Waals surface area contributed by atoms with Gasteiger partial charge in [0.1, 0.15) is 9.87 Å². The molecule has 4 aromatic rings. The predicted molar refractivity (Wildman–Crippen MR) is 150 cm³/mol. The van der Waals surface area contributed by atoms with Crippen molar-refractivity contribution in [3.05, 3.63) is 104 Å². The number of benzene rings is 3. The van der Waals surface area contributed by atoms with Crippen molar-refractivity contribution >= 4 is 56.3 Å². The summed E-state index contributed by atoms with van der Waals surface area (Å²) in [6.07, 6.45) is 0. The second-order valence-electron chi connectivity index (χ2n) is 9.75. The highest BCUT2D eigenvalue weighted by Gasteiger charge is 2.50. The molecule has 2 aliphatic heterocycles. The first kappa shape index (κ1) is 23.9. The molecule has 8 heteroatoms. The van der Waals surface area contributed by atoms with E-state index in [-0.39, 0.29) is 5.91 Å². The number of imide groups is 1. The molecule has 0 fully saturated rings. The molecule has 3 aromatic carbocycles. The van der Waals surface area contributed by atoms with Gasteiger partial charge in [-0.3, -0.25) is 24.2 Å². The van der Waals surface area contributed by atoms with Crippen molar-refractivity contribution in [2.24, 2.45) is 0 Å². The van der Waals surface area contributed by atoms with Gasteiger partial charge in [0.25, 0.3) is 17.7 Å². The molecular weight excluding hydrogens is 521 g/mol. The Labute approximate surface area is 227 Å². The molecule has 1 aromatic heterocycles. The van der Waals surface area contributed by atoms with Crippen LogP contribution in [0.4, 0.5) is 5.69 Å². The maximum atomic E-state index is 14.8. The predicted octanol–water partition coefficient (Wildman–Crippen LogP) is 7.13. The van der Waals surface area contributed by atoms with E-state index in [1.54, 1.807) is 51.6 Å². The molecular formula is C29H22N2O3S3. The zero-order chi connectivity index (χ0) is 26.1. The van der Waals surface area contributed by atoms with Gasteiger partial charge in [-0.15, -0.1) is 0 Å². The number of rotatable bonds is 3. The minimum atomic E-state index is -1.13. The van der Waals surface area contributed by atoms with E-state index in [4.69, 9.17) is 12.2 Å². The molecule has 0 spiro atoms. The number of carbonyl (C=O) groups excluding carboxylic acids is 3. The summed E-state index contributed by atoms with van der Waals surface area (Å²) in [5, 5.41) is 0. The van der Waals surface area contributed by atoms with Crippen LogP contribution in [0.25, 0.3) is 11.1 Å². The van der Waals surface area contributed by atoms with Gasteiger partial charge in [-0.2, -0.15) is 0 Å². The van der Waals surface area contributed by atoms with Gasteiger partial charge < -0.3 is 0 Å². The molecule has 0 saturated heterocycles. The number of anilines is 1. The minimum Gasteiger partial charge on any atom is -0.299 e. The van der Waals surface area contributed by atoms with E-state index < -0.39 is 23.4 Å². The quantitative estimate of drug-likeness (QED) is 0.157. The van der Waals surface area contributed by atoms with Gasteiger partial charge in [0.05, 0.1) is 27.2 Å². The largest absolute Gasteiger partial charge is 0.299 e. The summed E-state index contributed by atoms with van der Waals surface area (Å²) in [5.74, 6) is -1.27. The lowest BCUT2D eigenvalue weighted by Gasteiger charge is -2.45. The average Bonchev–Trinajstić information content (AvgIpc) is 3.40. The van der Waals surface area contributed by atoms with Gasteiger partial charge in [-0.1, -0.05) is 87.0 Å². The van der Waals surface area contributed by atoms with Crippen molar-refractivity contribution < 1.29 is 14.4 Å². The molecule has 0 bridgehead atoms. The Balaban J connectivity index is 1.56. The molecule has 0 N–H and O–H groups in total. The van der Waals surface area contributed by atoms with Gasteiger partial charge in [0.15, 0.2) is 0 Å². The Morgan fingerprint density at radius 2 is 1.49 bits per heavy atom. The Kier molecular flexibility index (Phi) is 5.52. The van der Waals surface area contributed by atoms with Crippen LogP contribution in [0.5, 0.6) is 0 Å². The van der Waals surface area contributed by atoms with Gasteiger partial charge in [0.2, 0.25) is 0 Å². The third-order valence-corrected chi connectivity index (χ3v) is 10.4. The molecule has 184 valence electrons. The summed E-state index contributed by atoms with van der Waals surface area (Å²) in [5.41, 5.74) is 4.13. The highest BCUT2D eigenvalue weighted by Crippen LogP contribution is 2.53. The fourth-order valence-electron chi connectivity index (χ4n) is 5.34. The molecule has 1 unspecified atom stereocenters. The molecule has 2 aliphatic rings. The van der Waals surface area contributed by atoms with E-state index in [0.29, 0.717) is 16.7 Å². The van der Waals surface area contributed by atoms with Crippen LogP contribution in [-0.4, -0.2) is 22.6 Å². The first-order valence-corrected chi connectivity index (χ1v) is 14.4. The van der Waals surface area contributed by atoms with Gasteiger partial charge >= 0.3 is 0 Å². The second-order valence-corrected chi connectivity index (χ2v) is 12.6. The van der Waals surface area contributed by atoms with Crippen molar-refractivity contribution in [1.82, 2.24) is 4.90 Å². The molecule has 1 atom stereocenters. The Bertz CT molecular complexity index is 1630. The van der Waals surface area contributed by atoms with Gasteiger partial charge in [0, 0.05) is 11.1 Å². The van der Waals surface area contributed by atoms with Crippen LogP contribution >= 0.6 is 32.9 Å². The van der Waals surface area contributed by atoms with E-state index >= 15 is 0 Å². The molecule has 3 heterocycles. The standard InChI is InChI=1S/C29H22N2O3S3/c1-16-13-14-21-20(15-16)22-24(36-37-28(22)35)29(2,3)31(21)27(34)23(17-9-5-4-6-10-17)30-25(32)18-11-7-8-12-19(18)26(30)33/h4-15,23H,1-3H3. The monoisotopic (exact) mass is 542 g/mol. The van der Waals surface area contributed by atoms with E-state index in [1.807, 2.05) is 51.1 Å². The SMILES string of the molecule is Cc1ccc2c(c1)-c1c(ssc1=S)C(C)(C)N2C(=O)C(c1ccccc1)N1C(=O)c2ccccc2C1=O. The highest BCUT2D eigenvalue weighted by atomic mass is 32.9. The van der Waals surface area contributed by atoms with E-state index in [9.17, 15) is 14.4 Å². The summed E-state index contributed by atoms with van der Waals surface area (Å²) >= 11 is 5.71. The van der Waals surface area contributed by atoms with Crippen LogP contribution < -0.4 is 4.90 Å². The van der Waals surface area contributed by atoms with Crippen molar-refractivity contribution in [3.63, 3.8) is 0 Å². The first-order chi connectivity index (χ1) is 17.7. The van der Waals surface area contributed by atoms with Crippen LogP contribution in [0.3, 0.4) is 0 Å². The van der Waals surface area contributed by atoms with Crippen LogP contribution in [0.2, 0.25) is 0 Å². The maximum absolute atomic E-state index is 14.8. The van der Waals surface area contributed by atoms with E-state index in [2.05, 4.69) is 6.07 Å². The smallest absolute Gasteiger partial charge is 0.262 e. The molecule has 0 radical (unpaired) electrons. The van der Waals surface area contributed by atoms with Crippen molar-refractivity contribution in [2.45, 2.75) is 32.4 Å². The number of amides is 3. The van der Waals surface area contributed by atoms with Gasteiger partial charge in [-0.05, 0) is 50.6 Å². The number of aryl methyl sites for hydroxylation is 1. The summed E-state index contributed by atoms with van der Waals surface area (Å²) in [6.45, 7) is 6.00. The Hall–Kier alpha value is -3.46. The molecule has 6 rings (SSSR count). The number of hydrogen-bond acceptors (Lipinski definition) is 6. The number of fused-ring (bicyclic) bond motifs is 4. The molecule has 37 heavy (non-hydrogen) atoms. The second kappa shape index (κ2) is 8.55. The molecule has 0 saturated carbocycles. The Morgan fingerprint density at radius 3 is 2.14 bits per heavy atom. The Morgan fingerprint density at radius 1 is 0.865 bits per heavy atom. The number of nitrogens with zero attached hydrogens (tertiary/aromatic N) is 2. The maximum Gasteiger partial charge on any atom is 0.262 e. The topological polar surface area (TPSA) is 57.7 Å². The first-order valence-electron chi connectivity index (χ1n) is 11.8. The highest BCUT2D eigenvalue weighted by molar-refractivity contribution is 7.80. The molecule has 5 nitrogen and oxygen atoms in total. The number of hydrogen-bond donors (Lipinski definition) is 0. The normalized spacial score (nSPS) is 16.3. The van der Waals surface area contributed by atoms with E-state index in [0.717, 1.165) is 36.0 Å². The zero-order valence-electron chi connectivity index (χ0n) is 20.3. The average molecular weight is 543 g/mol. The third kappa shape index (κ3) is 3.47. The van der Waals surface area contributed by atoms with Crippen molar-refractivity contribution in [1.29, 1.82) is 0 Å². The summed E-state index contributed by atoms with van der Waals surface area (Å²) in [4.78, 5) is 45.8. The minimum absolute atomic E-state index is 0.313. The summed E-state index contributed by atoms with van der Waals surface area (Å²) in [7, 11) is 3.10. The fraction of sp³-hybridized carbons (Fsp3) is 0.172. The van der Waals surface area contributed by atoms with Gasteiger partial charge in [-0.25, -0.2) is 0 Å². The van der Waals surface area contributed by atoms with Crippen LogP contribution in [0.15, 0.2) is 72.8 Å². The summed E-state index contributed by atoms with van der Waals surface area (Å²) in [6, 6.07) is 20.6. The van der Waals surface area contributed by atoms with Crippen LogP contribution in [-0.2, 0) is 10.3 Å². The van der Waals surface area contributed by atoms with Crippen molar-refractivity contribution in [2.75, 3.05) is 4.90 Å². The molecule has 0 aliphatic carbocycles. The summed E-state index contributed by atoms with van der Waals surface area (Å²) < 4.78 is 0.798. The van der Waals surface area contributed by atoms with Crippen LogP contribution in [0, 0.1) is 10.7 Å². The van der Waals surface area contributed by atoms with Crippen LogP contribution in [0.1, 0.15) is 56.6 Å². The zero-order valence-corrected chi connectivity index (χ0v) is 22.8. The lowest BCUT2D eigenvalue weighted by atomic mass is 9.85. The fourth-order valence-corrected chi connectivity index (χ4v) is 8.62.